The van der Waals surface area contributed by atoms with Crippen molar-refractivity contribution in [3.05, 3.63) is 83.4 Å². The van der Waals surface area contributed by atoms with Gasteiger partial charge in [0.2, 0.25) is 0 Å². The molecule has 156 valence electrons. The molecule has 0 heterocycles. The monoisotopic (exact) mass is 444 g/mol. The number of aryl methyl sites for hydroxylation is 1. The summed E-state index contributed by atoms with van der Waals surface area (Å²) in [7, 11) is -3.73. The Kier molecular flexibility index (Phi) is 6.64. The molecule has 6 nitrogen and oxygen atoms in total. The van der Waals surface area contributed by atoms with Crippen molar-refractivity contribution in [2.75, 3.05) is 10.0 Å². The third-order valence-electron chi connectivity index (χ3n) is 4.23. The van der Waals surface area contributed by atoms with Gasteiger partial charge in [-0.2, -0.15) is 0 Å². The number of carbonyl (C=O) groups excluding carboxylic acids is 1. The first-order valence-corrected chi connectivity index (χ1v) is 11.0. The van der Waals surface area contributed by atoms with Crippen molar-refractivity contribution in [1.82, 2.24) is 0 Å². The first-order chi connectivity index (χ1) is 14.2. The zero-order valence-corrected chi connectivity index (χ0v) is 18.0. The van der Waals surface area contributed by atoms with Gasteiger partial charge in [0.25, 0.3) is 15.9 Å². The van der Waals surface area contributed by atoms with Gasteiger partial charge in [0.05, 0.1) is 4.90 Å². The van der Waals surface area contributed by atoms with E-state index in [9.17, 15) is 13.2 Å². The largest absolute Gasteiger partial charge is 0.481 e. The van der Waals surface area contributed by atoms with Crippen LogP contribution in [0.2, 0.25) is 5.02 Å². The van der Waals surface area contributed by atoms with Crippen molar-refractivity contribution in [1.29, 1.82) is 0 Å². The van der Waals surface area contributed by atoms with E-state index in [1.54, 1.807) is 43.3 Å². The van der Waals surface area contributed by atoms with E-state index in [0.29, 0.717) is 22.1 Å². The Morgan fingerprint density at radius 1 is 0.900 bits per heavy atom. The molecule has 3 aromatic rings. The molecule has 0 aliphatic heterocycles. The summed E-state index contributed by atoms with van der Waals surface area (Å²) in [5, 5.41) is 3.28. The maximum atomic E-state index is 12.5. The molecule has 3 rings (SSSR count). The summed E-state index contributed by atoms with van der Waals surface area (Å²) < 4.78 is 33.2. The van der Waals surface area contributed by atoms with E-state index >= 15 is 0 Å². The molecule has 0 fully saturated rings. The van der Waals surface area contributed by atoms with E-state index in [4.69, 9.17) is 16.3 Å². The lowest BCUT2D eigenvalue weighted by molar-refractivity contribution is -0.122. The Bertz CT molecular complexity index is 1110. The van der Waals surface area contributed by atoms with Crippen LogP contribution in [0.3, 0.4) is 0 Å². The van der Waals surface area contributed by atoms with E-state index < -0.39 is 16.1 Å². The first-order valence-electron chi connectivity index (χ1n) is 9.15. The molecular weight excluding hydrogens is 424 g/mol. The number of carbonyl (C=O) groups is 1. The summed E-state index contributed by atoms with van der Waals surface area (Å²) in [5.74, 6) is 0.156. The average Bonchev–Trinajstić information content (AvgIpc) is 2.71. The quantitative estimate of drug-likeness (QED) is 0.545. The Morgan fingerprint density at radius 2 is 1.47 bits per heavy atom. The molecule has 0 unspecified atom stereocenters. The molecule has 0 aromatic heterocycles. The molecule has 0 saturated heterocycles. The van der Waals surface area contributed by atoms with Gasteiger partial charge < -0.3 is 10.1 Å². The standard InChI is InChI=1S/C22H21ClN2O4S/c1-15-3-7-19(8-4-15)25-30(27,28)21-13-9-18(10-14-21)24-22(26)16(2)29-20-11-5-17(23)6-12-20/h3-14,16,25H,1-2H3,(H,24,26)/t16-/m0/s1. The van der Waals surface area contributed by atoms with Crippen LogP contribution in [0.4, 0.5) is 11.4 Å². The lowest BCUT2D eigenvalue weighted by atomic mass is 10.2. The molecule has 2 N–H and O–H groups in total. The molecular formula is C22H21ClN2O4S. The Hall–Kier alpha value is -3.03. The van der Waals surface area contributed by atoms with Gasteiger partial charge in [-0.1, -0.05) is 29.3 Å². The minimum atomic E-state index is -3.73. The number of ether oxygens (including phenoxy) is 1. The highest BCUT2D eigenvalue weighted by atomic mass is 35.5. The second kappa shape index (κ2) is 9.19. The SMILES string of the molecule is Cc1ccc(NS(=O)(=O)c2ccc(NC(=O)[C@H](C)Oc3ccc(Cl)cc3)cc2)cc1. The van der Waals surface area contributed by atoms with Gasteiger partial charge >= 0.3 is 0 Å². The normalized spacial score (nSPS) is 12.1. The molecule has 0 saturated carbocycles. The number of nitrogens with one attached hydrogen (secondary N) is 2. The summed E-state index contributed by atoms with van der Waals surface area (Å²) in [5.41, 5.74) is 1.97. The zero-order chi connectivity index (χ0) is 21.7. The topological polar surface area (TPSA) is 84.5 Å². The van der Waals surface area contributed by atoms with Crippen LogP contribution in [-0.4, -0.2) is 20.4 Å². The molecule has 0 aliphatic rings. The van der Waals surface area contributed by atoms with Crippen molar-refractivity contribution in [3.63, 3.8) is 0 Å². The van der Waals surface area contributed by atoms with Crippen molar-refractivity contribution in [3.8, 4) is 5.75 Å². The van der Waals surface area contributed by atoms with Crippen LogP contribution in [0.5, 0.6) is 5.75 Å². The Balaban J connectivity index is 1.62. The van der Waals surface area contributed by atoms with Crippen LogP contribution < -0.4 is 14.8 Å². The summed E-state index contributed by atoms with van der Waals surface area (Å²) in [6.07, 6.45) is -0.752. The van der Waals surface area contributed by atoms with Gasteiger partial charge in [-0.15, -0.1) is 0 Å². The van der Waals surface area contributed by atoms with Crippen LogP contribution in [0, 0.1) is 6.92 Å². The van der Waals surface area contributed by atoms with E-state index in [0.717, 1.165) is 5.56 Å². The molecule has 30 heavy (non-hydrogen) atoms. The maximum absolute atomic E-state index is 12.5. The Labute approximate surface area is 180 Å². The number of halogens is 1. The van der Waals surface area contributed by atoms with Gasteiger partial charge in [-0.25, -0.2) is 8.42 Å². The number of rotatable bonds is 7. The van der Waals surface area contributed by atoms with E-state index in [1.165, 1.54) is 24.3 Å². The van der Waals surface area contributed by atoms with Crippen LogP contribution in [0.25, 0.3) is 0 Å². The predicted molar refractivity (Wildman–Crippen MR) is 119 cm³/mol. The highest BCUT2D eigenvalue weighted by molar-refractivity contribution is 7.92. The van der Waals surface area contributed by atoms with Crippen LogP contribution >= 0.6 is 11.6 Å². The fourth-order valence-electron chi connectivity index (χ4n) is 2.57. The second-order valence-corrected chi connectivity index (χ2v) is 8.82. The second-order valence-electron chi connectivity index (χ2n) is 6.70. The van der Waals surface area contributed by atoms with Crippen LogP contribution in [0.15, 0.2) is 77.7 Å². The molecule has 3 aromatic carbocycles. The van der Waals surface area contributed by atoms with E-state index in [-0.39, 0.29) is 10.8 Å². The third-order valence-corrected chi connectivity index (χ3v) is 5.88. The maximum Gasteiger partial charge on any atom is 0.265 e. The molecule has 0 aliphatic carbocycles. The first kappa shape index (κ1) is 21.7. The van der Waals surface area contributed by atoms with Gasteiger partial charge in [0, 0.05) is 16.4 Å². The van der Waals surface area contributed by atoms with Crippen molar-refractivity contribution in [2.45, 2.75) is 24.8 Å². The van der Waals surface area contributed by atoms with Gasteiger partial charge in [0.15, 0.2) is 6.10 Å². The van der Waals surface area contributed by atoms with Crippen molar-refractivity contribution >= 4 is 38.9 Å². The minimum Gasteiger partial charge on any atom is -0.481 e. The summed E-state index contributed by atoms with van der Waals surface area (Å²) in [6.45, 7) is 3.54. The van der Waals surface area contributed by atoms with Crippen molar-refractivity contribution < 1.29 is 17.9 Å². The highest BCUT2D eigenvalue weighted by Crippen LogP contribution is 2.20. The number of anilines is 2. The van der Waals surface area contributed by atoms with E-state index in [2.05, 4.69) is 10.0 Å². The predicted octanol–water partition coefficient (Wildman–Crippen LogP) is 4.86. The fourth-order valence-corrected chi connectivity index (χ4v) is 3.75. The summed E-state index contributed by atoms with van der Waals surface area (Å²) >= 11 is 5.83. The molecule has 0 spiro atoms. The Morgan fingerprint density at radius 3 is 2.07 bits per heavy atom. The lowest BCUT2D eigenvalue weighted by Crippen LogP contribution is -2.30. The molecule has 8 heteroatoms. The summed E-state index contributed by atoms with van der Waals surface area (Å²) in [6, 6.07) is 19.6. The number of hydrogen-bond acceptors (Lipinski definition) is 4. The van der Waals surface area contributed by atoms with E-state index in [1.807, 2.05) is 19.1 Å². The van der Waals surface area contributed by atoms with Gasteiger partial charge in [-0.3, -0.25) is 9.52 Å². The van der Waals surface area contributed by atoms with Crippen LogP contribution in [-0.2, 0) is 14.8 Å². The average molecular weight is 445 g/mol. The molecule has 0 bridgehead atoms. The highest BCUT2D eigenvalue weighted by Gasteiger charge is 2.17. The number of amides is 1. The molecule has 1 atom stereocenters. The van der Waals surface area contributed by atoms with Crippen LogP contribution in [0.1, 0.15) is 12.5 Å². The smallest absolute Gasteiger partial charge is 0.265 e. The third kappa shape index (κ3) is 5.75. The van der Waals surface area contributed by atoms with Crippen molar-refractivity contribution in [2.24, 2.45) is 0 Å². The zero-order valence-electron chi connectivity index (χ0n) is 16.4. The van der Waals surface area contributed by atoms with Gasteiger partial charge in [-0.05, 0) is 74.5 Å². The molecule has 1 amide bonds. The molecule has 0 radical (unpaired) electrons. The number of sulfonamides is 1. The summed E-state index contributed by atoms with van der Waals surface area (Å²) in [4.78, 5) is 12.4. The lowest BCUT2D eigenvalue weighted by Gasteiger charge is -2.15. The number of benzene rings is 3. The number of hydrogen-bond donors (Lipinski definition) is 2. The minimum absolute atomic E-state index is 0.0894. The van der Waals surface area contributed by atoms with Gasteiger partial charge in [0.1, 0.15) is 5.75 Å². The fraction of sp³-hybridized carbons (Fsp3) is 0.136.